The maximum atomic E-state index is 11.7. The normalized spacial score (nSPS) is 12.0. The summed E-state index contributed by atoms with van der Waals surface area (Å²) in [4.78, 5) is 24.0. The van der Waals surface area contributed by atoms with Gasteiger partial charge in [0, 0.05) is 10.4 Å². The number of urea groups is 1. The highest BCUT2D eigenvalue weighted by Crippen LogP contribution is 2.28. The van der Waals surface area contributed by atoms with E-state index in [9.17, 15) is 9.59 Å². The van der Waals surface area contributed by atoms with Gasteiger partial charge in [-0.15, -0.1) is 11.3 Å². The smallest absolute Gasteiger partial charge is 0.348 e. The minimum absolute atomic E-state index is 0.125. The molecule has 0 bridgehead atoms. The van der Waals surface area contributed by atoms with Crippen LogP contribution in [0.1, 0.15) is 23.5 Å². The van der Waals surface area contributed by atoms with Crippen LogP contribution in [0, 0.1) is 0 Å². The molecule has 0 radical (unpaired) electrons. The van der Waals surface area contributed by atoms with E-state index in [0.29, 0.717) is 17.2 Å². The zero-order valence-corrected chi connectivity index (χ0v) is 13.2. The number of aliphatic hydroxyl groups is 1. The van der Waals surface area contributed by atoms with Gasteiger partial charge in [-0.3, -0.25) is 0 Å². The Morgan fingerprint density at radius 2 is 2.14 bits per heavy atom. The largest absolute Gasteiger partial charge is 0.462 e. The number of benzene rings is 1. The number of nitrogens with one attached hydrogen (secondary N) is 2. The number of esters is 1. The Bertz CT molecular complexity index is 683. The van der Waals surface area contributed by atoms with Gasteiger partial charge >= 0.3 is 12.0 Å². The number of rotatable bonds is 5. The predicted molar refractivity (Wildman–Crippen MR) is 86.5 cm³/mol. The number of carbonyl (C=O) groups excluding carboxylic acids is 2. The summed E-state index contributed by atoms with van der Waals surface area (Å²) >= 11 is 1.35. The SMILES string of the molecule is CCOC(=O)c1cc2cc(NC(=O)NC(C)CO)ccc2s1. The molecule has 3 N–H and O–H groups in total. The molecule has 0 aliphatic heterocycles. The summed E-state index contributed by atoms with van der Waals surface area (Å²) in [7, 11) is 0. The van der Waals surface area contributed by atoms with Gasteiger partial charge in [-0.1, -0.05) is 0 Å². The topological polar surface area (TPSA) is 87.7 Å². The number of hydrogen-bond acceptors (Lipinski definition) is 5. The van der Waals surface area contributed by atoms with Crippen LogP contribution >= 0.6 is 11.3 Å². The second-order valence-electron chi connectivity index (χ2n) is 4.77. The van der Waals surface area contributed by atoms with Crippen molar-refractivity contribution in [2.24, 2.45) is 0 Å². The molecule has 0 aliphatic rings. The third kappa shape index (κ3) is 3.96. The molecule has 7 heteroatoms. The first-order valence-corrected chi connectivity index (χ1v) is 7.74. The zero-order valence-electron chi connectivity index (χ0n) is 12.4. The number of anilines is 1. The van der Waals surface area contributed by atoms with Crippen molar-refractivity contribution in [3.8, 4) is 0 Å². The molecule has 1 heterocycles. The number of ether oxygens (including phenoxy) is 1. The molecule has 1 unspecified atom stereocenters. The molecule has 118 valence electrons. The van der Waals surface area contributed by atoms with Gasteiger partial charge in [0.1, 0.15) is 4.88 Å². The van der Waals surface area contributed by atoms with Gasteiger partial charge in [-0.05, 0) is 43.5 Å². The first-order chi connectivity index (χ1) is 10.5. The third-order valence-corrected chi connectivity index (χ3v) is 4.00. The van der Waals surface area contributed by atoms with Crippen LogP contribution in [0.15, 0.2) is 24.3 Å². The van der Waals surface area contributed by atoms with Crippen LogP contribution in [0.5, 0.6) is 0 Å². The summed E-state index contributed by atoms with van der Waals surface area (Å²) in [5.74, 6) is -0.340. The second kappa shape index (κ2) is 7.24. The zero-order chi connectivity index (χ0) is 16.1. The van der Waals surface area contributed by atoms with Gasteiger partial charge in [0.15, 0.2) is 0 Å². The number of aliphatic hydroxyl groups excluding tert-OH is 1. The van der Waals surface area contributed by atoms with E-state index in [1.54, 1.807) is 32.0 Å². The highest BCUT2D eigenvalue weighted by Gasteiger charge is 2.12. The van der Waals surface area contributed by atoms with E-state index in [1.807, 2.05) is 6.07 Å². The van der Waals surface area contributed by atoms with Crippen molar-refractivity contribution in [1.29, 1.82) is 0 Å². The fraction of sp³-hybridized carbons (Fsp3) is 0.333. The molecule has 0 saturated carbocycles. The monoisotopic (exact) mass is 322 g/mol. The van der Waals surface area contributed by atoms with E-state index < -0.39 is 0 Å². The van der Waals surface area contributed by atoms with Crippen molar-refractivity contribution in [2.75, 3.05) is 18.5 Å². The van der Waals surface area contributed by atoms with Crippen LogP contribution in [0.2, 0.25) is 0 Å². The van der Waals surface area contributed by atoms with Crippen LogP contribution in [-0.2, 0) is 4.74 Å². The molecule has 22 heavy (non-hydrogen) atoms. The minimum Gasteiger partial charge on any atom is -0.462 e. The van der Waals surface area contributed by atoms with Crippen LogP contribution in [0.25, 0.3) is 10.1 Å². The Balaban J connectivity index is 2.13. The molecule has 2 amide bonds. The van der Waals surface area contributed by atoms with Gasteiger partial charge in [-0.2, -0.15) is 0 Å². The van der Waals surface area contributed by atoms with E-state index >= 15 is 0 Å². The average molecular weight is 322 g/mol. The summed E-state index contributed by atoms with van der Waals surface area (Å²) in [5, 5.41) is 15.1. The fourth-order valence-electron chi connectivity index (χ4n) is 1.86. The van der Waals surface area contributed by atoms with Crippen molar-refractivity contribution < 1.29 is 19.4 Å². The second-order valence-corrected chi connectivity index (χ2v) is 5.85. The van der Waals surface area contributed by atoms with Crippen LogP contribution < -0.4 is 10.6 Å². The van der Waals surface area contributed by atoms with Crippen LogP contribution in [-0.4, -0.2) is 36.4 Å². The number of amides is 2. The van der Waals surface area contributed by atoms with E-state index in [1.165, 1.54) is 11.3 Å². The Morgan fingerprint density at radius 3 is 2.82 bits per heavy atom. The minimum atomic E-state index is -0.387. The van der Waals surface area contributed by atoms with Crippen molar-refractivity contribution in [3.63, 3.8) is 0 Å². The van der Waals surface area contributed by atoms with Gasteiger partial charge in [0.25, 0.3) is 0 Å². The molecular weight excluding hydrogens is 304 g/mol. The fourth-order valence-corrected chi connectivity index (χ4v) is 2.80. The van der Waals surface area contributed by atoms with E-state index in [-0.39, 0.29) is 24.6 Å². The molecule has 2 aromatic rings. The molecule has 0 fully saturated rings. The van der Waals surface area contributed by atoms with Crippen molar-refractivity contribution in [2.45, 2.75) is 19.9 Å². The number of hydrogen-bond donors (Lipinski definition) is 3. The van der Waals surface area contributed by atoms with E-state index in [2.05, 4.69) is 10.6 Å². The lowest BCUT2D eigenvalue weighted by Gasteiger charge is -2.11. The summed E-state index contributed by atoms with van der Waals surface area (Å²) < 4.78 is 5.92. The van der Waals surface area contributed by atoms with Crippen LogP contribution in [0.4, 0.5) is 10.5 Å². The molecule has 0 saturated heterocycles. The Hall–Kier alpha value is -2.12. The first kappa shape index (κ1) is 16.3. The van der Waals surface area contributed by atoms with E-state index in [0.717, 1.165) is 10.1 Å². The van der Waals surface area contributed by atoms with Crippen molar-refractivity contribution >= 4 is 39.1 Å². The van der Waals surface area contributed by atoms with Crippen molar-refractivity contribution in [3.05, 3.63) is 29.1 Å². The summed E-state index contributed by atoms with van der Waals surface area (Å²) in [6.45, 7) is 3.68. The maximum Gasteiger partial charge on any atom is 0.348 e. The standard InChI is InChI=1S/C15H18N2O4S/c1-3-21-14(19)13-7-10-6-11(4-5-12(10)22-13)17-15(20)16-9(2)8-18/h4-7,9,18H,3,8H2,1-2H3,(H2,16,17,20). The highest BCUT2D eigenvalue weighted by molar-refractivity contribution is 7.20. The predicted octanol–water partition coefficient (Wildman–Crippen LogP) is 2.58. The highest BCUT2D eigenvalue weighted by atomic mass is 32.1. The molecule has 0 spiro atoms. The third-order valence-electron chi connectivity index (χ3n) is 2.90. The summed E-state index contributed by atoms with van der Waals surface area (Å²) in [6, 6.07) is 6.43. The van der Waals surface area contributed by atoms with Crippen LogP contribution in [0.3, 0.4) is 0 Å². The molecule has 2 rings (SSSR count). The van der Waals surface area contributed by atoms with Gasteiger partial charge in [0.2, 0.25) is 0 Å². The van der Waals surface area contributed by atoms with Gasteiger partial charge < -0.3 is 20.5 Å². The molecule has 6 nitrogen and oxygen atoms in total. The lowest BCUT2D eigenvalue weighted by atomic mass is 10.2. The lowest BCUT2D eigenvalue weighted by Crippen LogP contribution is -2.38. The summed E-state index contributed by atoms with van der Waals surface area (Å²) in [5.41, 5.74) is 0.614. The average Bonchev–Trinajstić information content (AvgIpc) is 2.90. The Labute approximate surface area is 132 Å². The molecular formula is C15H18N2O4S. The Kier molecular flexibility index (Phi) is 5.35. The molecule has 0 aliphatic carbocycles. The lowest BCUT2D eigenvalue weighted by molar-refractivity contribution is 0.0532. The maximum absolute atomic E-state index is 11.7. The number of fused-ring (bicyclic) bond motifs is 1. The Morgan fingerprint density at radius 1 is 1.36 bits per heavy atom. The number of thiophene rings is 1. The molecule has 1 atom stereocenters. The quantitative estimate of drug-likeness (QED) is 0.738. The molecule has 1 aromatic carbocycles. The van der Waals surface area contributed by atoms with Gasteiger partial charge in [-0.25, -0.2) is 9.59 Å². The van der Waals surface area contributed by atoms with Crippen molar-refractivity contribution in [1.82, 2.24) is 5.32 Å². The molecule has 1 aromatic heterocycles. The van der Waals surface area contributed by atoms with E-state index in [4.69, 9.17) is 9.84 Å². The van der Waals surface area contributed by atoms with Gasteiger partial charge in [0.05, 0.1) is 19.3 Å². The summed E-state index contributed by atoms with van der Waals surface area (Å²) in [6.07, 6.45) is 0. The first-order valence-electron chi connectivity index (χ1n) is 6.92. The number of carbonyl (C=O) groups is 2.